The number of aryl methyl sites for hydroxylation is 1. The molecule has 1 aromatic carbocycles. The summed E-state index contributed by atoms with van der Waals surface area (Å²) in [5, 5.41) is 0.783. The number of fused-ring (bicyclic) bond motifs is 1. The molecule has 0 radical (unpaired) electrons. The van der Waals surface area contributed by atoms with Crippen molar-refractivity contribution < 1.29 is 4.79 Å². The summed E-state index contributed by atoms with van der Waals surface area (Å²) in [6.07, 6.45) is 5.96. The van der Waals surface area contributed by atoms with E-state index in [1.54, 1.807) is 0 Å². The third kappa shape index (κ3) is 3.97. The molecule has 150 valence electrons. The molecule has 2 aromatic heterocycles. The summed E-state index contributed by atoms with van der Waals surface area (Å²) in [4.78, 5) is 20.0. The van der Waals surface area contributed by atoms with Gasteiger partial charge in [-0.3, -0.25) is 4.79 Å². The number of thiophene rings is 1. The Morgan fingerprint density at radius 3 is 2.69 bits per heavy atom. The summed E-state index contributed by atoms with van der Waals surface area (Å²) in [6, 6.07) is 10.6. The predicted molar refractivity (Wildman–Crippen MR) is 122 cm³/mol. The van der Waals surface area contributed by atoms with Crippen molar-refractivity contribution in [2.24, 2.45) is 11.5 Å². The van der Waals surface area contributed by atoms with Gasteiger partial charge < -0.3 is 22.1 Å². The number of benzene rings is 1. The monoisotopic (exact) mass is 407 g/mol. The van der Waals surface area contributed by atoms with Crippen LogP contribution in [0.3, 0.4) is 0 Å². The number of hydrogen-bond acceptors (Lipinski definition) is 6. The van der Waals surface area contributed by atoms with Gasteiger partial charge in [0, 0.05) is 24.5 Å². The fourth-order valence-electron chi connectivity index (χ4n) is 3.70. The first-order valence-electron chi connectivity index (χ1n) is 9.70. The van der Waals surface area contributed by atoms with E-state index < -0.39 is 5.91 Å². The zero-order valence-electron chi connectivity index (χ0n) is 16.4. The van der Waals surface area contributed by atoms with Crippen molar-refractivity contribution in [1.29, 1.82) is 0 Å². The van der Waals surface area contributed by atoms with Gasteiger partial charge in [-0.15, -0.1) is 11.3 Å². The zero-order chi connectivity index (χ0) is 20.5. The van der Waals surface area contributed by atoms with E-state index in [0.29, 0.717) is 10.6 Å². The molecule has 29 heavy (non-hydrogen) atoms. The number of piperidine rings is 1. The molecule has 0 aliphatic carbocycles. The summed E-state index contributed by atoms with van der Waals surface area (Å²) >= 11 is 1.25. The van der Waals surface area contributed by atoms with Crippen LogP contribution in [0.2, 0.25) is 0 Å². The van der Waals surface area contributed by atoms with Crippen molar-refractivity contribution in [3.05, 3.63) is 51.9 Å². The first-order valence-corrected chi connectivity index (χ1v) is 10.5. The smallest absolute Gasteiger partial charge is 0.260 e. The fraction of sp³-hybridized carbons (Fsp3) is 0.273. The van der Waals surface area contributed by atoms with E-state index in [0.717, 1.165) is 53.1 Å². The minimum Gasteiger partial charge on any atom is -0.397 e. The van der Waals surface area contributed by atoms with E-state index in [4.69, 9.17) is 22.2 Å². The predicted octanol–water partition coefficient (Wildman–Crippen LogP) is 3.38. The summed E-state index contributed by atoms with van der Waals surface area (Å²) < 4.78 is 0. The Labute approximate surface area is 174 Å². The molecule has 0 spiro atoms. The van der Waals surface area contributed by atoms with Crippen molar-refractivity contribution in [3.8, 4) is 0 Å². The number of amides is 1. The molecule has 1 aliphatic heterocycles. The maximum Gasteiger partial charge on any atom is 0.260 e. The molecular formula is C22H25N5OS. The molecule has 4 rings (SSSR count). The maximum atomic E-state index is 11.8. The first-order chi connectivity index (χ1) is 13.9. The van der Waals surface area contributed by atoms with E-state index in [2.05, 4.69) is 36.1 Å². The number of nitrogens with zero attached hydrogens (tertiary/aromatic N) is 2. The number of carbonyl (C=O) groups excluding carboxylic acids is 1. The van der Waals surface area contributed by atoms with Crippen molar-refractivity contribution in [1.82, 2.24) is 4.98 Å². The molecule has 3 aromatic rings. The lowest BCUT2D eigenvalue weighted by molar-refractivity contribution is 0.100. The highest BCUT2D eigenvalue weighted by molar-refractivity contribution is 7.21. The van der Waals surface area contributed by atoms with Crippen LogP contribution in [-0.4, -0.2) is 30.0 Å². The number of primary amides is 1. The molecule has 1 amide bonds. The number of hydrogen-bond donors (Lipinski definition) is 3. The molecule has 1 fully saturated rings. The number of aromatic nitrogens is 1. The van der Waals surface area contributed by atoms with Gasteiger partial charge in [-0.25, -0.2) is 4.98 Å². The molecule has 0 bridgehead atoms. The fourth-order valence-corrected chi connectivity index (χ4v) is 4.68. The Morgan fingerprint density at radius 2 is 2.00 bits per heavy atom. The summed E-state index contributed by atoms with van der Waals surface area (Å²) in [5.41, 5.74) is 21.5. The second-order valence-electron chi connectivity index (χ2n) is 7.53. The molecule has 6 nitrogen and oxygen atoms in total. The SMILES string of the molecule is Cc1cccc(C=Cc2cc(N3CCC(N)CC3)nc3sc(C(N)=O)c(N)c23)c1. The van der Waals surface area contributed by atoms with E-state index in [9.17, 15) is 4.79 Å². The third-order valence-electron chi connectivity index (χ3n) is 5.30. The average molecular weight is 408 g/mol. The Hall–Kier alpha value is -2.90. The normalized spacial score (nSPS) is 15.4. The standard InChI is InChI=1S/C22H25N5OS/c1-13-3-2-4-14(11-13)5-6-15-12-17(27-9-7-16(23)8-10-27)26-22-18(15)19(24)20(29-22)21(25)28/h2-6,11-12,16H,7-10,23-24H2,1H3,(H2,25,28). The highest BCUT2D eigenvalue weighted by Crippen LogP contribution is 2.37. The van der Waals surface area contributed by atoms with Crippen LogP contribution in [0, 0.1) is 6.92 Å². The second kappa shape index (κ2) is 7.85. The number of nitrogens with two attached hydrogens (primary N) is 3. The molecule has 3 heterocycles. The Balaban J connectivity index is 1.82. The van der Waals surface area contributed by atoms with Crippen LogP contribution < -0.4 is 22.1 Å². The topological polar surface area (TPSA) is 111 Å². The van der Waals surface area contributed by atoms with Gasteiger partial charge in [-0.05, 0) is 37.0 Å². The molecule has 0 atom stereocenters. The van der Waals surface area contributed by atoms with Gasteiger partial charge in [-0.2, -0.15) is 0 Å². The summed E-state index contributed by atoms with van der Waals surface area (Å²) in [6.45, 7) is 3.80. The van der Waals surface area contributed by atoms with E-state index >= 15 is 0 Å². The average Bonchev–Trinajstić information content (AvgIpc) is 3.04. The molecule has 0 unspecified atom stereocenters. The van der Waals surface area contributed by atoms with Crippen LogP contribution in [0.4, 0.5) is 11.5 Å². The molecule has 1 aliphatic rings. The molecule has 1 saturated heterocycles. The van der Waals surface area contributed by atoms with Crippen LogP contribution in [0.15, 0.2) is 30.3 Å². The highest BCUT2D eigenvalue weighted by Gasteiger charge is 2.22. The number of rotatable bonds is 4. The highest BCUT2D eigenvalue weighted by atomic mass is 32.1. The van der Waals surface area contributed by atoms with Gasteiger partial charge in [0.2, 0.25) is 0 Å². The zero-order valence-corrected chi connectivity index (χ0v) is 17.2. The number of pyridine rings is 1. The van der Waals surface area contributed by atoms with Gasteiger partial charge in [0.25, 0.3) is 5.91 Å². The van der Waals surface area contributed by atoms with Crippen LogP contribution in [-0.2, 0) is 0 Å². The number of nitrogen functional groups attached to an aromatic ring is 1. The van der Waals surface area contributed by atoms with Crippen molar-refractivity contribution in [2.75, 3.05) is 23.7 Å². The Kier molecular flexibility index (Phi) is 5.25. The number of carbonyl (C=O) groups is 1. The van der Waals surface area contributed by atoms with Gasteiger partial charge in [0.1, 0.15) is 15.5 Å². The van der Waals surface area contributed by atoms with Crippen molar-refractivity contribution >= 4 is 51.1 Å². The molecule has 7 heteroatoms. The van der Waals surface area contributed by atoms with Crippen LogP contribution in [0.25, 0.3) is 22.4 Å². The van der Waals surface area contributed by atoms with Gasteiger partial charge in [-0.1, -0.05) is 42.0 Å². The lowest BCUT2D eigenvalue weighted by Crippen LogP contribution is -2.40. The van der Waals surface area contributed by atoms with E-state index in [1.165, 1.54) is 16.9 Å². The minimum atomic E-state index is -0.524. The summed E-state index contributed by atoms with van der Waals surface area (Å²) in [7, 11) is 0. The van der Waals surface area contributed by atoms with E-state index in [-0.39, 0.29) is 6.04 Å². The van der Waals surface area contributed by atoms with E-state index in [1.807, 2.05) is 18.2 Å². The maximum absolute atomic E-state index is 11.8. The minimum absolute atomic E-state index is 0.245. The van der Waals surface area contributed by atoms with Crippen LogP contribution >= 0.6 is 11.3 Å². The van der Waals surface area contributed by atoms with Gasteiger partial charge in [0.05, 0.1) is 5.69 Å². The van der Waals surface area contributed by atoms with Gasteiger partial charge in [0.15, 0.2) is 0 Å². The molecule has 6 N–H and O–H groups in total. The lowest BCUT2D eigenvalue weighted by atomic mass is 10.0. The molecule has 0 saturated carbocycles. The van der Waals surface area contributed by atoms with Crippen molar-refractivity contribution in [2.45, 2.75) is 25.8 Å². The molecular weight excluding hydrogens is 382 g/mol. The summed E-state index contributed by atoms with van der Waals surface area (Å²) in [5.74, 6) is 0.357. The Morgan fingerprint density at radius 1 is 1.24 bits per heavy atom. The number of anilines is 2. The Bertz CT molecular complexity index is 1100. The second-order valence-corrected chi connectivity index (χ2v) is 8.53. The van der Waals surface area contributed by atoms with Crippen LogP contribution in [0.1, 0.15) is 39.2 Å². The van der Waals surface area contributed by atoms with Gasteiger partial charge >= 0.3 is 0 Å². The lowest BCUT2D eigenvalue weighted by Gasteiger charge is -2.31. The largest absolute Gasteiger partial charge is 0.397 e. The first kappa shape index (κ1) is 19.4. The third-order valence-corrected chi connectivity index (χ3v) is 6.41. The quantitative estimate of drug-likeness (QED) is 0.614. The van der Waals surface area contributed by atoms with Crippen LogP contribution in [0.5, 0.6) is 0 Å². The van der Waals surface area contributed by atoms with Crippen molar-refractivity contribution in [3.63, 3.8) is 0 Å².